The van der Waals surface area contributed by atoms with Crippen molar-refractivity contribution in [1.29, 1.82) is 0 Å². The number of nitrogens with one attached hydrogen (secondary N) is 3. The molecule has 24 heavy (non-hydrogen) atoms. The number of thiocarbonyl (C=S) groups is 1. The Hall–Kier alpha value is -1.76. The molecule has 0 aliphatic carbocycles. The van der Waals surface area contributed by atoms with Crippen LogP contribution < -0.4 is 15.6 Å². The summed E-state index contributed by atoms with van der Waals surface area (Å²) in [6.07, 6.45) is 4.94. The number of allylic oxidation sites excluding steroid dienone is 1. The van der Waals surface area contributed by atoms with Gasteiger partial charge in [0.1, 0.15) is 13.1 Å². The molecule has 0 radical (unpaired) electrons. The molecule has 0 saturated carbocycles. The Morgan fingerprint density at radius 2 is 2.04 bits per heavy atom. The molecule has 0 aromatic heterocycles. The fourth-order valence-corrected chi connectivity index (χ4v) is 2.69. The van der Waals surface area contributed by atoms with E-state index in [1.165, 1.54) is 0 Å². The first-order chi connectivity index (χ1) is 11.7. The quantitative estimate of drug-likeness (QED) is 0.296. The van der Waals surface area contributed by atoms with Gasteiger partial charge in [0.05, 0.1) is 26.0 Å². The summed E-state index contributed by atoms with van der Waals surface area (Å²) in [6, 6.07) is 10.2. The minimum atomic E-state index is 0.565. The molecule has 1 aliphatic heterocycles. The lowest BCUT2D eigenvalue weighted by molar-refractivity contribution is -0.908. The lowest BCUT2D eigenvalue weighted by Gasteiger charge is -2.23. The van der Waals surface area contributed by atoms with E-state index in [1.54, 1.807) is 11.1 Å². The predicted molar refractivity (Wildman–Crippen MR) is 103 cm³/mol. The fourth-order valence-electron chi connectivity index (χ4n) is 2.53. The van der Waals surface area contributed by atoms with Crippen molar-refractivity contribution >= 4 is 29.6 Å². The van der Waals surface area contributed by atoms with Gasteiger partial charge in [-0.2, -0.15) is 5.10 Å². The van der Waals surface area contributed by atoms with Crippen LogP contribution in [0.5, 0.6) is 0 Å². The summed E-state index contributed by atoms with van der Waals surface area (Å²) in [5.74, 6) is 0. The molecule has 1 aliphatic rings. The van der Waals surface area contributed by atoms with Gasteiger partial charge in [0.2, 0.25) is 0 Å². The number of quaternary nitrogens is 1. The Labute approximate surface area is 149 Å². The van der Waals surface area contributed by atoms with Crippen molar-refractivity contribution in [3.8, 4) is 0 Å². The van der Waals surface area contributed by atoms with Crippen LogP contribution in [0.15, 0.2) is 41.0 Å². The van der Waals surface area contributed by atoms with Gasteiger partial charge in [-0.15, -0.1) is 0 Å². The number of morpholine rings is 1. The maximum absolute atomic E-state index is 5.36. The molecule has 1 aromatic carbocycles. The Kier molecular flexibility index (Phi) is 8.45. The van der Waals surface area contributed by atoms with Gasteiger partial charge < -0.3 is 15.0 Å². The summed E-state index contributed by atoms with van der Waals surface area (Å²) in [4.78, 5) is 1.61. The third-order valence-corrected chi connectivity index (χ3v) is 4.06. The van der Waals surface area contributed by atoms with Gasteiger partial charge in [-0.3, -0.25) is 5.43 Å². The number of nitrogens with zero attached hydrogens (tertiary/aromatic N) is 1. The normalized spacial score (nSPS) is 16.3. The van der Waals surface area contributed by atoms with Crippen LogP contribution in [0.1, 0.15) is 18.9 Å². The van der Waals surface area contributed by atoms with Gasteiger partial charge in [0.25, 0.3) is 0 Å². The van der Waals surface area contributed by atoms with E-state index in [0.717, 1.165) is 57.0 Å². The van der Waals surface area contributed by atoms with Gasteiger partial charge in [-0.1, -0.05) is 36.4 Å². The van der Waals surface area contributed by atoms with Crippen LogP contribution in [0.3, 0.4) is 0 Å². The molecule has 1 heterocycles. The molecule has 5 nitrogen and oxygen atoms in total. The molecule has 6 heteroatoms. The third kappa shape index (κ3) is 7.68. The minimum absolute atomic E-state index is 0.565. The highest BCUT2D eigenvalue weighted by molar-refractivity contribution is 7.80. The zero-order valence-corrected chi connectivity index (χ0v) is 15.1. The smallest absolute Gasteiger partial charge is 0.186 e. The molecule has 2 rings (SSSR count). The summed E-state index contributed by atoms with van der Waals surface area (Å²) in [5, 5.41) is 7.92. The van der Waals surface area contributed by atoms with Crippen LogP contribution in [0.25, 0.3) is 6.08 Å². The Morgan fingerprint density at radius 3 is 2.79 bits per heavy atom. The van der Waals surface area contributed by atoms with Gasteiger partial charge >= 0.3 is 0 Å². The Bertz CT molecular complexity index is 553. The highest BCUT2D eigenvalue weighted by Crippen LogP contribution is 2.04. The van der Waals surface area contributed by atoms with E-state index >= 15 is 0 Å². The molecular weight excluding hydrogens is 320 g/mol. The number of ether oxygens (including phenoxy) is 1. The minimum Gasteiger partial charge on any atom is -0.370 e. The van der Waals surface area contributed by atoms with Crippen molar-refractivity contribution < 1.29 is 9.64 Å². The zero-order chi connectivity index (χ0) is 17.0. The van der Waals surface area contributed by atoms with Crippen molar-refractivity contribution in [2.75, 3.05) is 39.4 Å². The van der Waals surface area contributed by atoms with E-state index in [-0.39, 0.29) is 0 Å². The molecule has 3 N–H and O–H groups in total. The summed E-state index contributed by atoms with van der Waals surface area (Å²) in [5.41, 5.74) is 5.08. The van der Waals surface area contributed by atoms with Crippen molar-refractivity contribution in [1.82, 2.24) is 10.7 Å². The van der Waals surface area contributed by atoms with Crippen LogP contribution >= 0.6 is 12.2 Å². The van der Waals surface area contributed by atoms with Crippen LogP contribution in [0.4, 0.5) is 0 Å². The topological polar surface area (TPSA) is 50.1 Å². The number of benzene rings is 1. The molecule has 0 amide bonds. The number of hydrogen-bond acceptors (Lipinski definition) is 3. The average molecular weight is 348 g/mol. The first kappa shape index (κ1) is 18.6. The fraction of sp³-hybridized carbons (Fsp3) is 0.444. The van der Waals surface area contributed by atoms with E-state index in [4.69, 9.17) is 17.0 Å². The van der Waals surface area contributed by atoms with Crippen LogP contribution in [0, 0.1) is 0 Å². The largest absolute Gasteiger partial charge is 0.370 e. The zero-order valence-electron chi connectivity index (χ0n) is 14.3. The van der Waals surface area contributed by atoms with Gasteiger partial charge in [0.15, 0.2) is 5.11 Å². The van der Waals surface area contributed by atoms with Crippen LogP contribution in [-0.2, 0) is 4.74 Å². The number of hydrazone groups is 1. The van der Waals surface area contributed by atoms with Crippen molar-refractivity contribution in [2.45, 2.75) is 13.3 Å². The van der Waals surface area contributed by atoms with E-state index in [9.17, 15) is 0 Å². The third-order valence-electron chi connectivity index (χ3n) is 3.82. The van der Waals surface area contributed by atoms with E-state index in [1.807, 2.05) is 25.1 Å². The summed E-state index contributed by atoms with van der Waals surface area (Å²) in [7, 11) is 0. The molecule has 1 aromatic rings. The highest BCUT2D eigenvalue weighted by Gasteiger charge is 2.12. The monoisotopic (exact) mass is 347 g/mol. The van der Waals surface area contributed by atoms with Gasteiger partial charge in [0, 0.05) is 13.0 Å². The van der Waals surface area contributed by atoms with E-state index < -0.39 is 0 Å². The van der Waals surface area contributed by atoms with Crippen LogP contribution in [0.2, 0.25) is 0 Å². The molecule has 0 bridgehead atoms. The molecule has 130 valence electrons. The van der Waals surface area contributed by atoms with Gasteiger partial charge in [-0.25, -0.2) is 0 Å². The van der Waals surface area contributed by atoms with Crippen molar-refractivity contribution in [2.24, 2.45) is 5.10 Å². The highest BCUT2D eigenvalue weighted by atomic mass is 32.1. The molecular formula is C18H27N4OS+. The molecule has 0 atom stereocenters. The second-order valence-electron chi connectivity index (χ2n) is 5.89. The SMILES string of the molecule is CC(/C=N\NC(=S)NCCC[NH+]1CCOCC1)=C\c1ccccc1. The average Bonchev–Trinajstić information content (AvgIpc) is 2.60. The predicted octanol–water partition coefficient (Wildman–Crippen LogP) is 0.845. The molecule has 1 fully saturated rings. The van der Waals surface area contributed by atoms with Gasteiger partial charge in [-0.05, 0) is 30.3 Å². The van der Waals surface area contributed by atoms with E-state index in [0.29, 0.717) is 5.11 Å². The molecule has 1 saturated heterocycles. The molecule has 0 spiro atoms. The standard InChI is InChI=1S/C18H26N4OS/c1-16(14-17-6-3-2-4-7-17)15-20-21-18(24)19-8-5-9-22-10-12-23-13-11-22/h2-4,6-7,14-15H,5,8-13H2,1H3,(H2,19,21,24)/p+1/b16-14+,20-15-. The van der Waals surface area contributed by atoms with Crippen molar-refractivity contribution in [3.63, 3.8) is 0 Å². The summed E-state index contributed by atoms with van der Waals surface area (Å²) < 4.78 is 5.36. The lowest BCUT2D eigenvalue weighted by Crippen LogP contribution is -3.14. The van der Waals surface area contributed by atoms with Crippen molar-refractivity contribution in [3.05, 3.63) is 41.5 Å². The van der Waals surface area contributed by atoms with E-state index in [2.05, 4.69) is 34.1 Å². The Morgan fingerprint density at radius 1 is 1.29 bits per heavy atom. The number of rotatable bonds is 7. The molecule has 0 unspecified atom stereocenters. The second kappa shape index (κ2) is 10.9. The van der Waals surface area contributed by atoms with Crippen LogP contribution in [-0.4, -0.2) is 50.7 Å². The lowest BCUT2D eigenvalue weighted by atomic mass is 10.1. The Balaban J connectivity index is 1.59. The number of hydrogen-bond donors (Lipinski definition) is 3. The maximum atomic E-state index is 5.36. The first-order valence-electron chi connectivity index (χ1n) is 8.45. The second-order valence-corrected chi connectivity index (χ2v) is 6.30. The maximum Gasteiger partial charge on any atom is 0.186 e. The first-order valence-corrected chi connectivity index (χ1v) is 8.86. The summed E-state index contributed by atoms with van der Waals surface area (Å²) >= 11 is 5.22. The summed E-state index contributed by atoms with van der Waals surface area (Å²) in [6.45, 7) is 8.02.